The molecular weight excluding hydrogens is 294 g/mol. The largest absolute Gasteiger partial charge is 0.300 e. The molecule has 1 atom stereocenters. The van der Waals surface area contributed by atoms with Crippen molar-refractivity contribution in [1.82, 2.24) is 10.2 Å². The van der Waals surface area contributed by atoms with E-state index >= 15 is 0 Å². The number of benzene rings is 1. The molecule has 1 saturated carbocycles. The van der Waals surface area contributed by atoms with Gasteiger partial charge in [-0.3, -0.25) is 4.79 Å². The minimum atomic E-state index is -0.0311. The van der Waals surface area contributed by atoms with E-state index in [0.717, 1.165) is 17.8 Å². The summed E-state index contributed by atoms with van der Waals surface area (Å²) in [6.07, 6.45) is 2.20. The van der Waals surface area contributed by atoms with Gasteiger partial charge in [-0.25, -0.2) is 0 Å². The minimum Gasteiger partial charge on any atom is -0.300 e. The summed E-state index contributed by atoms with van der Waals surface area (Å²) in [7, 11) is 0. The highest BCUT2D eigenvalue weighted by Crippen LogP contribution is 2.54. The molecule has 0 radical (unpaired) electrons. The van der Waals surface area contributed by atoms with Crippen LogP contribution in [-0.4, -0.2) is 16.1 Å². The number of rotatable bonds is 5. The van der Waals surface area contributed by atoms with Crippen molar-refractivity contribution in [3.63, 3.8) is 0 Å². The first kappa shape index (κ1) is 15.2. The van der Waals surface area contributed by atoms with E-state index in [1.165, 1.54) is 16.9 Å². The third-order valence-corrected chi connectivity index (χ3v) is 5.60. The third kappa shape index (κ3) is 2.77. The van der Waals surface area contributed by atoms with Gasteiger partial charge in [0.15, 0.2) is 0 Å². The molecule has 0 bridgehead atoms. The van der Waals surface area contributed by atoms with Crippen molar-refractivity contribution in [2.75, 3.05) is 5.32 Å². The average Bonchev–Trinajstić information content (AvgIpc) is 3.21. The Kier molecular flexibility index (Phi) is 4.00. The molecule has 0 spiro atoms. The topological polar surface area (TPSA) is 54.9 Å². The Labute approximate surface area is 135 Å². The van der Waals surface area contributed by atoms with Gasteiger partial charge >= 0.3 is 0 Å². The minimum absolute atomic E-state index is 0.0160. The molecule has 0 aliphatic heterocycles. The van der Waals surface area contributed by atoms with Crippen LogP contribution in [0.4, 0.5) is 5.13 Å². The van der Waals surface area contributed by atoms with Crippen LogP contribution in [0.3, 0.4) is 0 Å². The number of hydrogen-bond donors (Lipinski definition) is 1. The second-order valence-corrected chi connectivity index (χ2v) is 7.36. The van der Waals surface area contributed by atoms with Gasteiger partial charge in [-0.15, -0.1) is 10.2 Å². The number of carbonyl (C=O) groups excluding carboxylic acids is 1. The monoisotopic (exact) mass is 315 g/mol. The summed E-state index contributed by atoms with van der Waals surface area (Å²) < 4.78 is 0. The lowest BCUT2D eigenvalue weighted by Crippen LogP contribution is -2.24. The molecule has 1 amide bonds. The highest BCUT2D eigenvalue weighted by Gasteiger charge is 2.48. The van der Waals surface area contributed by atoms with Crippen molar-refractivity contribution in [1.29, 1.82) is 0 Å². The fraction of sp³-hybridized carbons (Fsp3) is 0.471. The molecule has 1 heterocycles. The Morgan fingerprint density at radius 2 is 1.86 bits per heavy atom. The lowest BCUT2D eigenvalue weighted by Gasteiger charge is -2.13. The Hall–Kier alpha value is -1.75. The first-order valence-electron chi connectivity index (χ1n) is 7.73. The summed E-state index contributed by atoms with van der Waals surface area (Å²) in [5.74, 6) is 0.296. The zero-order valence-corrected chi connectivity index (χ0v) is 14.0. The van der Waals surface area contributed by atoms with Crippen molar-refractivity contribution in [3.05, 3.63) is 40.9 Å². The molecule has 1 aromatic heterocycles. The van der Waals surface area contributed by atoms with Crippen LogP contribution in [0.15, 0.2) is 30.3 Å². The first-order valence-corrected chi connectivity index (χ1v) is 8.55. The number of carbonyl (C=O) groups is 1. The van der Waals surface area contributed by atoms with Gasteiger partial charge in [-0.2, -0.15) is 0 Å². The number of aromatic nitrogens is 2. The lowest BCUT2D eigenvalue weighted by molar-refractivity contribution is -0.120. The summed E-state index contributed by atoms with van der Waals surface area (Å²) in [5, 5.41) is 13.0. The zero-order valence-electron chi connectivity index (χ0n) is 13.2. The van der Waals surface area contributed by atoms with Crippen molar-refractivity contribution in [3.8, 4) is 0 Å². The van der Waals surface area contributed by atoms with Crippen LogP contribution >= 0.6 is 11.3 Å². The van der Waals surface area contributed by atoms with E-state index in [1.54, 1.807) is 0 Å². The van der Waals surface area contributed by atoms with E-state index < -0.39 is 0 Å². The van der Waals surface area contributed by atoms with Crippen molar-refractivity contribution in [2.24, 2.45) is 11.8 Å². The summed E-state index contributed by atoms with van der Waals surface area (Å²) in [4.78, 5) is 12.1. The van der Waals surface area contributed by atoms with Crippen LogP contribution in [0.5, 0.6) is 0 Å². The molecule has 0 saturated heterocycles. The van der Waals surface area contributed by atoms with Crippen LogP contribution in [0, 0.1) is 11.8 Å². The predicted molar refractivity (Wildman–Crippen MR) is 89.0 cm³/mol. The Morgan fingerprint density at radius 1 is 1.18 bits per heavy atom. The summed E-state index contributed by atoms with van der Waals surface area (Å²) in [6, 6.07) is 10.4. The Morgan fingerprint density at radius 3 is 2.45 bits per heavy atom. The van der Waals surface area contributed by atoms with Crippen LogP contribution in [0.2, 0.25) is 0 Å². The Balaban J connectivity index is 1.76. The molecule has 1 aliphatic rings. The molecule has 1 aliphatic carbocycles. The second kappa shape index (κ2) is 5.80. The quantitative estimate of drug-likeness (QED) is 0.912. The van der Waals surface area contributed by atoms with Gasteiger partial charge < -0.3 is 5.32 Å². The first-order chi connectivity index (χ1) is 10.5. The van der Waals surface area contributed by atoms with Gasteiger partial charge in [0.2, 0.25) is 11.0 Å². The molecule has 5 heteroatoms. The zero-order chi connectivity index (χ0) is 15.7. The standard InChI is InChI=1S/C17H21N3OS/c1-11(2)12(3)14(21)18-16-20-19-15(22-16)17(9-10-17)13-7-5-4-6-8-13/h4-8,11-12H,9-10H2,1-3H3,(H,18,20,21)/t12-/m1/s1. The van der Waals surface area contributed by atoms with Gasteiger partial charge in [0.05, 0.1) is 0 Å². The average molecular weight is 315 g/mol. The maximum absolute atomic E-state index is 12.1. The number of hydrogen-bond acceptors (Lipinski definition) is 4. The molecular formula is C17H21N3OS. The van der Waals surface area contributed by atoms with Gasteiger partial charge in [0, 0.05) is 11.3 Å². The van der Waals surface area contributed by atoms with E-state index in [0.29, 0.717) is 11.0 Å². The summed E-state index contributed by atoms with van der Waals surface area (Å²) >= 11 is 1.50. The molecule has 1 aromatic carbocycles. The normalized spacial score (nSPS) is 17.3. The molecule has 116 valence electrons. The number of anilines is 1. The lowest BCUT2D eigenvalue weighted by atomic mass is 9.97. The maximum atomic E-state index is 12.1. The maximum Gasteiger partial charge on any atom is 0.229 e. The van der Waals surface area contributed by atoms with E-state index in [4.69, 9.17) is 0 Å². The number of nitrogens with zero attached hydrogens (tertiary/aromatic N) is 2. The van der Waals surface area contributed by atoms with Gasteiger partial charge in [0.25, 0.3) is 0 Å². The number of nitrogens with one attached hydrogen (secondary N) is 1. The molecule has 22 heavy (non-hydrogen) atoms. The van der Waals surface area contributed by atoms with E-state index in [-0.39, 0.29) is 17.2 Å². The van der Waals surface area contributed by atoms with Crippen LogP contribution in [-0.2, 0) is 10.2 Å². The van der Waals surface area contributed by atoms with Crippen molar-refractivity contribution >= 4 is 22.4 Å². The SMILES string of the molecule is CC(C)[C@@H](C)C(=O)Nc1nnc(C2(c3ccccc3)CC2)s1. The molecule has 3 rings (SSSR count). The molecule has 4 nitrogen and oxygen atoms in total. The smallest absolute Gasteiger partial charge is 0.229 e. The fourth-order valence-electron chi connectivity index (χ4n) is 2.50. The van der Waals surface area contributed by atoms with Gasteiger partial charge in [-0.05, 0) is 24.3 Å². The van der Waals surface area contributed by atoms with E-state index in [9.17, 15) is 4.79 Å². The summed E-state index contributed by atoms with van der Waals surface area (Å²) in [6.45, 7) is 6.03. The Bertz CT molecular complexity index is 662. The summed E-state index contributed by atoms with van der Waals surface area (Å²) in [5.41, 5.74) is 1.31. The molecule has 2 aromatic rings. The fourth-order valence-corrected chi connectivity index (χ4v) is 3.51. The van der Waals surface area contributed by atoms with Gasteiger partial charge in [0.1, 0.15) is 5.01 Å². The van der Waals surface area contributed by atoms with Gasteiger partial charge in [-0.1, -0.05) is 62.4 Å². The highest BCUT2D eigenvalue weighted by atomic mass is 32.1. The van der Waals surface area contributed by atoms with Crippen LogP contribution in [0.25, 0.3) is 0 Å². The predicted octanol–water partition coefficient (Wildman–Crippen LogP) is 3.85. The third-order valence-electron chi connectivity index (χ3n) is 4.55. The van der Waals surface area contributed by atoms with Crippen LogP contribution < -0.4 is 5.32 Å². The molecule has 1 N–H and O–H groups in total. The van der Waals surface area contributed by atoms with Crippen LogP contribution in [0.1, 0.15) is 44.2 Å². The second-order valence-electron chi connectivity index (χ2n) is 6.38. The molecule has 0 unspecified atom stereocenters. The van der Waals surface area contributed by atoms with E-state index in [2.05, 4.69) is 39.8 Å². The highest BCUT2D eigenvalue weighted by molar-refractivity contribution is 7.15. The van der Waals surface area contributed by atoms with Crippen molar-refractivity contribution in [2.45, 2.75) is 39.0 Å². The molecule has 1 fully saturated rings. The van der Waals surface area contributed by atoms with Crippen molar-refractivity contribution < 1.29 is 4.79 Å². The number of amides is 1. The van der Waals surface area contributed by atoms with E-state index in [1.807, 2.05) is 26.8 Å².